The van der Waals surface area contributed by atoms with Crippen LogP contribution in [0.1, 0.15) is 17.8 Å². The Bertz CT molecular complexity index is 836. The van der Waals surface area contributed by atoms with Crippen LogP contribution >= 0.6 is 0 Å². The molecule has 4 N–H and O–H groups in total. The number of aromatic amines is 1. The number of H-pyrrole nitrogens is 1. The van der Waals surface area contributed by atoms with E-state index in [0.717, 1.165) is 36.6 Å². The van der Waals surface area contributed by atoms with Crippen molar-refractivity contribution in [3.63, 3.8) is 0 Å². The van der Waals surface area contributed by atoms with Crippen molar-refractivity contribution < 1.29 is 29.6 Å². The van der Waals surface area contributed by atoms with Gasteiger partial charge in [0.05, 0.1) is 26.1 Å². The molecule has 0 aliphatic rings. The molecule has 0 radical (unpaired) electrons. The molecule has 32 heavy (non-hydrogen) atoms. The number of benzene rings is 1. The van der Waals surface area contributed by atoms with Crippen molar-refractivity contribution in [2.24, 2.45) is 0 Å². The highest BCUT2D eigenvalue weighted by molar-refractivity contribution is 5.33. The number of hydrogen-bond donors (Lipinski definition) is 4. The van der Waals surface area contributed by atoms with Crippen molar-refractivity contribution in [2.75, 3.05) is 19.8 Å². The third-order valence-electron chi connectivity index (χ3n) is 4.04. The molecular weight excluding hydrogens is 418 g/mol. The predicted molar refractivity (Wildman–Crippen MR) is 116 cm³/mol. The summed E-state index contributed by atoms with van der Waals surface area (Å²) >= 11 is 0. The van der Waals surface area contributed by atoms with Crippen LogP contribution in [0.3, 0.4) is 0 Å². The fraction of sp³-hybridized carbons (Fsp3) is 0.333. The van der Waals surface area contributed by atoms with Crippen LogP contribution in [0.25, 0.3) is 0 Å². The number of aliphatic hydroxyl groups excluding tert-OH is 1. The Hall–Kier alpha value is -3.70. The summed E-state index contributed by atoms with van der Waals surface area (Å²) in [6, 6.07) is 8.11. The molecule has 11 nitrogen and oxygen atoms in total. The highest BCUT2D eigenvalue weighted by atomic mass is 16.5. The summed E-state index contributed by atoms with van der Waals surface area (Å²) in [5, 5.41) is 23.1. The normalized spacial score (nSPS) is 9.81. The summed E-state index contributed by atoms with van der Waals surface area (Å²) in [4.78, 5) is 30.3. The fourth-order valence-corrected chi connectivity index (χ4v) is 2.80. The van der Waals surface area contributed by atoms with Gasteiger partial charge in [-0.15, -0.1) is 0 Å². The molecule has 3 rings (SSSR count). The van der Waals surface area contributed by atoms with Gasteiger partial charge in [-0.2, -0.15) is 0 Å². The molecule has 0 atom stereocenters. The van der Waals surface area contributed by atoms with Crippen LogP contribution in [0.15, 0.2) is 55.4 Å². The summed E-state index contributed by atoms with van der Waals surface area (Å²) in [5.41, 5.74) is 1.15. The first-order valence-corrected chi connectivity index (χ1v) is 9.81. The van der Waals surface area contributed by atoms with Gasteiger partial charge in [0.15, 0.2) is 0 Å². The second-order valence-electron chi connectivity index (χ2n) is 6.33. The minimum absolute atomic E-state index is 0.116. The van der Waals surface area contributed by atoms with Crippen molar-refractivity contribution in [1.82, 2.24) is 24.4 Å². The molecule has 0 aliphatic heterocycles. The van der Waals surface area contributed by atoms with Gasteiger partial charge in [-0.25, -0.2) is 9.97 Å². The summed E-state index contributed by atoms with van der Waals surface area (Å²) in [6.07, 6.45) is 10.0. The summed E-state index contributed by atoms with van der Waals surface area (Å²) in [6.45, 7) is 3.17. The third kappa shape index (κ3) is 11.5. The number of aromatic nitrogens is 4. The molecule has 0 bridgehead atoms. The minimum atomic E-state index is -0.250. The highest BCUT2D eigenvalue weighted by Gasteiger charge is 2.09. The van der Waals surface area contributed by atoms with Crippen LogP contribution in [0.2, 0.25) is 0 Å². The van der Waals surface area contributed by atoms with Gasteiger partial charge in [-0.1, -0.05) is 12.1 Å². The predicted octanol–water partition coefficient (Wildman–Crippen LogP) is 1.47. The number of carbonyl (C=O) groups is 2. The van der Waals surface area contributed by atoms with Gasteiger partial charge < -0.3 is 29.6 Å². The molecule has 0 unspecified atom stereocenters. The van der Waals surface area contributed by atoms with E-state index in [2.05, 4.69) is 32.0 Å². The van der Waals surface area contributed by atoms with Crippen LogP contribution in [0, 0.1) is 0 Å². The van der Waals surface area contributed by atoms with E-state index in [1.54, 1.807) is 12.4 Å². The quantitative estimate of drug-likeness (QED) is 0.253. The second kappa shape index (κ2) is 17.0. The lowest BCUT2D eigenvalue weighted by molar-refractivity contribution is -0.123. The topological polar surface area (TPSA) is 154 Å². The molecule has 0 fully saturated rings. The SMILES string of the molecule is O=CO.O=CO.OCCN(Cc1cccc(OCCCn2ccnc2)c1)Cc1ncc[nH]1. The molecule has 0 spiro atoms. The lowest BCUT2D eigenvalue weighted by atomic mass is 10.2. The number of carboxylic acid groups (broad SMARTS) is 2. The second-order valence-corrected chi connectivity index (χ2v) is 6.33. The van der Waals surface area contributed by atoms with Crippen molar-refractivity contribution in [1.29, 1.82) is 0 Å². The van der Waals surface area contributed by atoms with E-state index in [1.807, 2.05) is 35.4 Å². The molecule has 0 saturated heterocycles. The first kappa shape index (κ1) is 26.3. The zero-order chi connectivity index (χ0) is 23.4. The first-order chi connectivity index (χ1) is 15.7. The molecule has 2 aromatic heterocycles. The summed E-state index contributed by atoms with van der Waals surface area (Å²) < 4.78 is 7.92. The molecule has 11 heteroatoms. The lowest BCUT2D eigenvalue weighted by Gasteiger charge is -2.20. The molecule has 174 valence electrons. The van der Waals surface area contributed by atoms with Crippen LogP contribution in [0.5, 0.6) is 5.75 Å². The Kier molecular flexibility index (Phi) is 14.0. The maximum Gasteiger partial charge on any atom is 0.290 e. The molecule has 3 aromatic rings. The standard InChI is InChI=1S/C19H25N5O2.2CH2O2/c25-11-10-24(15-19-21-5-6-22-19)14-17-3-1-4-18(13-17)26-12-2-8-23-9-7-20-16-23;2*2-1-3/h1,3-7,9,13,16,25H,2,8,10-12,14-15H2,(H,21,22);2*1H,(H,2,3). The van der Waals surface area contributed by atoms with Crippen LogP contribution in [-0.2, 0) is 29.2 Å². The molecule has 0 saturated carbocycles. The van der Waals surface area contributed by atoms with Gasteiger partial charge in [-0.05, 0) is 24.1 Å². The van der Waals surface area contributed by atoms with Gasteiger partial charge in [0, 0.05) is 44.4 Å². The Morgan fingerprint density at radius 2 is 1.94 bits per heavy atom. The van der Waals surface area contributed by atoms with E-state index in [9.17, 15) is 5.11 Å². The molecule has 2 heterocycles. The van der Waals surface area contributed by atoms with E-state index < -0.39 is 0 Å². The first-order valence-electron chi connectivity index (χ1n) is 9.81. The number of aryl methyl sites for hydroxylation is 1. The monoisotopic (exact) mass is 447 g/mol. The van der Waals surface area contributed by atoms with Crippen LogP contribution < -0.4 is 4.74 Å². The third-order valence-corrected chi connectivity index (χ3v) is 4.04. The van der Waals surface area contributed by atoms with Crippen molar-refractivity contribution in [3.8, 4) is 5.75 Å². The number of hydrogen-bond acceptors (Lipinski definition) is 7. The largest absolute Gasteiger partial charge is 0.494 e. The Morgan fingerprint density at radius 3 is 2.56 bits per heavy atom. The number of nitrogens with zero attached hydrogens (tertiary/aromatic N) is 4. The smallest absolute Gasteiger partial charge is 0.290 e. The number of nitrogens with one attached hydrogen (secondary N) is 1. The summed E-state index contributed by atoms with van der Waals surface area (Å²) in [7, 11) is 0. The van der Waals surface area contributed by atoms with Gasteiger partial charge in [0.2, 0.25) is 0 Å². The molecular formula is C21H29N5O6. The number of imidazole rings is 2. The van der Waals surface area contributed by atoms with Gasteiger partial charge in [0.1, 0.15) is 11.6 Å². The van der Waals surface area contributed by atoms with Crippen molar-refractivity contribution in [2.45, 2.75) is 26.1 Å². The van der Waals surface area contributed by atoms with Gasteiger partial charge >= 0.3 is 0 Å². The van der Waals surface area contributed by atoms with Crippen LogP contribution in [0.4, 0.5) is 0 Å². The number of rotatable bonds is 11. The Balaban J connectivity index is 0.000000769. The lowest BCUT2D eigenvalue weighted by Crippen LogP contribution is -2.26. The van der Waals surface area contributed by atoms with E-state index in [1.165, 1.54) is 0 Å². The zero-order valence-corrected chi connectivity index (χ0v) is 17.7. The fourth-order valence-electron chi connectivity index (χ4n) is 2.80. The maximum atomic E-state index is 9.32. The highest BCUT2D eigenvalue weighted by Crippen LogP contribution is 2.16. The molecule has 0 amide bonds. The number of ether oxygens (including phenoxy) is 1. The van der Waals surface area contributed by atoms with Gasteiger partial charge in [-0.3, -0.25) is 14.5 Å². The van der Waals surface area contributed by atoms with Crippen molar-refractivity contribution >= 4 is 12.9 Å². The van der Waals surface area contributed by atoms with Crippen molar-refractivity contribution in [3.05, 3.63) is 66.8 Å². The maximum absolute atomic E-state index is 9.32. The minimum Gasteiger partial charge on any atom is -0.494 e. The van der Waals surface area contributed by atoms with E-state index in [0.29, 0.717) is 19.7 Å². The van der Waals surface area contributed by atoms with E-state index in [4.69, 9.17) is 24.5 Å². The average Bonchev–Trinajstić information content (AvgIpc) is 3.47. The van der Waals surface area contributed by atoms with E-state index >= 15 is 0 Å². The molecule has 1 aromatic carbocycles. The van der Waals surface area contributed by atoms with E-state index in [-0.39, 0.29) is 19.6 Å². The Morgan fingerprint density at radius 1 is 1.16 bits per heavy atom. The summed E-state index contributed by atoms with van der Waals surface area (Å²) in [5.74, 6) is 1.76. The van der Waals surface area contributed by atoms with Crippen LogP contribution in [-0.4, -0.2) is 72.4 Å². The number of aliphatic hydroxyl groups is 1. The Labute approximate surface area is 185 Å². The zero-order valence-electron chi connectivity index (χ0n) is 17.7. The average molecular weight is 447 g/mol. The van der Waals surface area contributed by atoms with Gasteiger partial charge in [0.25, 0.3) is 12.9 Å². The molecule has 0 aliphatic carbocycles.